The molecule has 9 heteroatoms. The largest absolute Gasteiger partial charge is 0.483 e. The summed E-state index contributed by atoms with van der Waals surface area (Å²) in [6.07, 6.45) is 0.834. The number of hydrogen-bond donors (Lipinski definition) is 1. The summed E-state index contributed by atoms with van der Waals surface area (Å²) in [7, 11) is 0. The van der Waals surface area contributed by atoms with Gasteiger partial charge < -0.3 is 19.6 Å². The first kappa shape index (κ1) is 17.6. The van der Waals surface area contributed by atoms with E-state index >= 15 is 0 Å². The Bertz CT molecular complexity index is 730. The minimum absolute atomic E-state index is 0.00494. The number of carboxylic acid groups (broad SMARTS) is 1. The van der Waals surface area contributed by atoms with Crippen LogP contribution >= 0.6 is 11.6 Å². The summed E-state index contributed by atoms with van der Waals surface area (Å²) >= 11 is 6.03. The maximum Gasteiger partial charge on any atom is 0.290 e. The van der Waals surface area contributed by atoms with Gasteiger partial charge in [-0.05, 0) is 18.2 Å². The highest BCUT2D eigenvalue weighted by Gasteiger charge is 2.62. The molecule has 0 unspecified atom stereocenters. The lowest BCUT2D eigenvalue weighted by atomic mass is 10.1. The standard InChI is InChI=1S/C15H14ClFN2O3.CH2O2/c16-11-2-1-9(17)7-10(11)14(21)18-4-3-15-12(18)8-13(20)19(15)5-6-22-15;2-1-3/h1-2,7,12H,3-6,8H2;1H,(H,2,3)/t12-,15+;/m1./s1. The Labute approximate surface area is 147 Å². The minimum Gasteiger partial charge on any atom is -0.483 e. The molecule has 0 radical (unpaired) electrons. The molecule has 3 aliphatic heterocycles. The zero-order valence-corrected chi connectivity index (χ0v) is 13.9. The highest BCUT2D eigenvalue weighted by molar-refractivity contribution is 6.33. The van der Waals surface area contributed by atoms with Crippen molar-refractivity contribution in [2.24, 2.45) is 0 Å². The highest BCUT2D eigenvalue weighted by Crippen LogP contribution is 2.46. The molecule has 25 heavy (non-hydrogen) atoms. The van der Waals surface area contributed by atoms with Crippen molar-refractivity contribution in [1.82, 2.24) is 9.80 Å². The second-order valence-electron chi connectivity index (χ2n) is 5.94. The summed E-state index contributed by atoms with van der Waals surface area (Å²) in [5.41, 5.74) is -0.561. The van der Waals surface area contributed by atoms with E-state index in [2.05, 4.69) is 0 Å². The number of carbonyl (C=O) groups excluding carboxylic acids is 2. The maximum absolute atomic E-state index is 13.4. The second-order valence-corrected chi connectivity index (χ2v) is 6.34. The average molecular weight is 371 g/mol. The molecule has 0 aliphatic carbocycles. The lowest BCUT2D eigenvalue weighted by Crippen LogP contribution is -2.48. The number of ether oxygens (including phenoxy) is 1. The normalized spacial score (nSPS) is 26.8. The van der Waals surface area contributed by atoms with Crippen LogP contribution in [0.15, 0.2) is 18.2 Å². The van der Waals surface area contributed by atoms with E-state index < -0.39 is 11.5 Å². The Morgan fingerprint density at radius 3 is 2.88 bits per heavy atom. The van der Waals surface area contributed by atoms with Crippen molar-refractivity contribution in [1.29, 1.82) is 0 Å². The molecular weight excluding hydrogens is 355 g/mol. The lowest BCUT2D eigenvalue weighted by Gasteiger charge is -2.31. The first-order chi connectivity index (χ1) is 11.9. The fraction of sp³-hybridized carbons (Fsp3) is 0.438. The van der Waals surface area contributed by atoms with Crippen LogP contribution in [0.1, 0.15) is 23.2 Å². The number of amides is 2. The van der Waals surface area contributed by atoms with Crippen LogP contribution in [0.25, 0.3) is 0 Å². The Hall–Kier alpha value is -2.19. The van der Waals surface area contributed by atoms with Crippen LogP contribution in [0, 0.1) is 5.82 Å². The molecule has 0 saturated carbocycles. The third kappa shape index (κ3) is 2.75. The van der Waals surface area contributed by atoms with Gasteiger partial charge in [-0.2, -0.15) is 0 Å². The molecule has 7 nitrogen and oxygen atoms in total. The van der Waals surface area contributed by atoms with Crippen molar-refractivity contribution in [2.75, 3.05) is 19.7 Å². The maximum atomic E-state index is 13.4. The van der Waals surface area contributed by atoms with Gasteiger partial charge in [0, 0.05) is 19.5 Å². The molecule has 134 valence electrons. The van der Waals surface area contributed by atoms with Crippen molar-refractivity contribution in [3.05, 3.63) is 34.6 Å². The van der Waals surface area contributed by atoms with E-state index in [0.717, 1.165) is 6.07 Å². The summed E-state index contributed by atoms with van der Waals surface area (Å²) in [6.45, 7) is 1.28. The Kier molecular flexibility index (Phi) is 4.66. The zero-order valence-electron chi connectivity index (χ0n) is 13.2. The van der Waals surface area contributed by atoms with Gasteiger partial charge in [-0.25, -0.2) is 4.39 Å². The molecule has 3 aliphatic rings. The number of nitrogens with zero attached hydrogens (tertiary/aromatic N) is 2. The second kappa shape index (κ2) is 6.61. The molecule has 1 aromatic rings. The predicted octanol–water partition coefficient (Wildman–Crippen LogP) is 1.35. The van der Waals surface area contributed by atoms with E-state index in [0.29, 0.717) is 26.1 Å². The van der Waals surface area contributed by atoms with Crippen LogP contribution in [0.3, 0.4) is 0 Å². The zero-order chi connectivity index (χ0) is 18.2. The number of likely N-dealkylation sites (tertiary alicyclic amines) is 1. The summed E-state index contributed by atoms with van der Waals surface area (Å²) in [6, 6.07) is 3.40. The van der Waals surface area contributed by atoms with Gasteiger partial charge in [-0.15, -0.1) is 0 Å². The Morgan fingerprint density at radius 2 is 2.16 bits per heavy atom. The first-order valence-electron chi connectivity index (χ1n) is 7.73. The molecule has 2 atom stereocenters. The van der Waals surface area contributed by atoms with Crippen molar-refractivity contribution in [2.45, 2.75) is 24.6 Å². The molecular formula is C16H16ClFN2O5. The molecule has 0 bridgehead atoms. The molecule has 2 amide bonds. The van der Waals surface area contributed by atoms with Gasteiger partial charge in [-0.1, -0.05) is 11.6 Å². The third-order valence-corrected chi connectivity index (χ3v) is 5.15. The van der Waals surface area contributed by atoms with E-state index in [-0.39, 0.29) is 41.3 Å². The van der Waals surface area contributed by atoms with Gasteiger partial charge in [0.15, 0.2) is 5.72 Å². The van der Waals surface area contributed by atoms with Crippen LogP contribution in [-0.4, -0.2) is 64.7 Å². The number of rotatable bonds is 1. The van der Waals surface area contributed by atoms with Crippen LogP contribution in [0.2, 0.25) is 5.02 Å². The smallest absolute Gasteiger partial charge is 0.290 e. The van der Waals surface area contributed by atoms with E-state index in [9.17, 15) is 14.0 Å². The van der Waals surface area contributed by atoms with E-state index in [4.69, 9.17) is 26.2 Å². The summed E-state index contributed by atoms with van der Waals surface area (Å²) < 4.78 is 19.3. The summed E-state index contributed by atoms with van der Waals surface area (Å²) in [5, 5.41) is 7.10. The van der Waals surface area contributed by atoms with Crippen molar-refractivity contribution in [3.8, 4) is 0 Å². The van der Waals surface area contributed by atoms with Crippen molar-refractivity contribution in [3.63, 3.8) is 0 Å². The number of carbonyl (C=O) groups is 3. The van der Waals surface area contributed by atoms with Gasteiger partial charge in [0.25, 0.3) is 12.4 Å². The Balaban J connectivity index is 0.000000569. The molecule has 1 spiro atoms. The van der Waals surface area contributed by atoms with Gasteiger partial charge in [0.1, 0.15) is 5.82 Å². The van der Waals surface area contributed by atoms with Crippen molar-refractivity contribution >= 4 is 29.9 Å². The van der Waals surface area contributed by atoms with Gasteiger partial charge in [0.05, 0.1) is 29.7 Å². The van der Waals surface area contributed by atoms with Crippen molar-refractivity contribution < 1.29 is 28.6 Å². The number of benzene rings is 1. The van der Waals surface area contributed by atoms with Gasteiger partial charge in [-0.3, -0.25) is 14.4 Å². The first-order valence-corrected chi connectivity index (χ1v) is 8.10. The predicted molar refractivity (Wildman–Crippen MR) is 84.6 cm³/mol. The van der Waals surface area contributed by atoms with E-state index in [1.165, 1.54) is 12.1 Å². The molecule has 3 heterocycles. The van der Waals surface area contributed by atoms with Crippen LogP contribution < -0.4 is 0 Å². The number of halogens is 2. The lowest BCUT2D eigenvalue weighted by molar-refractivity contribution is -0.136. The van der Waals surface area contributed by atoms with E-state index in [1.807, 2.05) is 0 Å². The summed E-state index contributed by atoms with van der Waals surface area (Å²) in [5.74, 6) is -0.857. The SMILES string of the molecule is O=C(c1cc(F)ccc1Cl)N1CC[C@@]23OCCN2C(=O)C[C@@H]13.O=CO. The molecule has 1 aromatic carbocycles. The minimum atomic E-state index is -0.688. The Morgan fingerprint density at radius 1 is 1.44 bits per heavy atom. The van der Waals surface area contributed by atoms with Gasteiger partial charge >= 0.3 is 0 Å². The molecule has 4 rings (SSSR count). The van der Waals surface area contributed by atoms with Crippen LogP contribution in [-0.2, 0) is 14.3 Å². The topological polar surface area (TPSA) is 87.2 Å². The van der Waals surface area contributed by atoms with Gasteiger partial charge in [0.2, 0.25) is 5.91 Å². The number of hydrogen-bond acceptors (Lipinski definition) is 4. The van der Waals surface area contributed by atoms with E-state index in [1.54, 1.807) is 9.80 Å². The quantitative estimate of drug-likeness (QED) is 0.754. The fourth-order valence-corrected chi connectivity index (χ4v) is 4.05. The molecule has 0 aromatic heterocycles. The third-order valence-electron chi connectivity index (χ3n) is 4.82. The highest BCUT2D eigenvalue weighted by atomic mass is 35.5. The average Bonchev–Trinajstić information content (AvgIpc) is 3.21. The van der Waals surface area contributed by atoms with Crippen LogP contribution in [0.4, 0.5) is 4.39 Å². The fourth-order valence-electron chi connectivity index (χ4n) is 3.85. The summed E-state index contributed by atoms with van der Waals surface area (Å²) in [4.78, 5) is 36.6. The molecule has 3 saturated heterocycles. The monoisotopic (exact) mass is 370 g/mol. The molecule has 1 N–H and O–H groups in total. The molecule has 3 fully saturated rings. The van der Waals surface area contributed by atoms with Crippen LogP contribution in [0.5, 0.6) is 0 Å².